The molecule has 5 nitrogen and oxygen atoms in total. The molecule has 1 atom stereocenters. The van der Waals surface area contributed by atoms with Gasteiger partial charge in [0.25, 0.3) is 5.91 Å². The van der Waals surface area contributed by atoms with Crippen molar-refractivity contribution >= 4 is 5.91 Å². The molecule has 1 aliphatic heterocycles. The SMILES string of the molecule is NC1CCCN(C(=O)c2ccncc2O)C1. The summed E-state index contributed by atoms with van der Waals surface area (Å²) in [5.41, 5.74) is 6.11. The number of amides is 1. The molecule has 2 heterocycles. The van der Waals surface area contributed by atoms with E-state index >= 15 is 0 Å². The van der Waals surface area contributed by atoms with Gasteiger partial charge >= 0.3 is 0 Å². The second-order valence-corrected chi connectivity index (χ2v) is 4.05. The number of nitrogens with zero attached hydrogens (tertiary/aromatic N) is 2. The number of likely N-dealkylation sites (tertiary alicyclic amines) is 1. The summed E-state index contributed by atoms with van der Waals surface area (Å²) in [7, 11) is 0. The van der Waals surface area contributed by atoms with Crippen molar-refractivity contribution in [3.05, 3.63) is 24.0 Å². The molecule has 1 unspecified atom stereocenters. The second-order valence-electron chi connectivity index (χ2n) is 4.05. The third-order valence-electron chi connectivity index (χ3n) is 2.78. The van der Waals surface area contributed by atoms with E-state index in [0.29, 0.717) is 18.7 Å². The summed E-state index contributed by atoms with van der Waals surface area (Å²) in [6.07, 6.45) is 4.64. The molecular weight excluding hydrogens is 206 g/mol. The number of hydrogen-bond donors (Lipinski definition) is 2. The van der Waals surface area contributed by atoms with Crippen LogP contribution in [0.25, 0.3) is 0 Å². The van der Waals surface area contributed by atoms with E-state index in [-0.39, 0.29) is 17.7 Å². The number of rotatable bonds is 1. The number of carbonyl (C=O) groups is 1. The highest BCUT2D eigenvalue weighted by molar-refractivity contribution is 5.96. The average molecular weight is 221 g/mol. The number of pyridine rings is 1. The number of hydrogen-bond acceptors (Lipinski definition) is 4. The van der Waals surface area contributed by atoms with Crippen LogP contribution in [0.2, 0.25) is 0 Å². The Hall–Kier alpha value is -1.62. The van der Waals surface area contributed by atoms with E-state index in [9.17, 15) is 9.90 Å². The van der Waals surface area contributed by atoms with Gasteiger partial charge in [0.05, 0.1) is 11.8 Å². The molecule has 86 valence electrons. The molecule has 0 aromatic carbocycles. The van der Waals surface area contributed by atoms with Crippen LogP contribution in [0.3, 0.4) is 0 Å². The Labute approximate surface area is 93.9 Å². The maximum absolute atomic E-state index is 12.0. The third-order valence-corrected chi connectivity index (χ3v) is 2.78. The van der Waals surface area contributed by atoms with E-state index in [2.05, 4.69) is 4.98 Å². The second kappa shape index (κ2) is 4.49. The van der Waals surface area contributed by atoms with Crippen LogP contribution >= 0.6 is 0 Å². The van der Waals surface area contributed by atoms with Crippen molar-refractivity contribution in [2.24, 2.45) is 5.73 Å². The van der Waals surface area contributed by atoms with Crippen LogP contribution in [0, 0.1) is 0 Å². The van der Waals surface area contributed by atoms with Crippen molar-refractivity contribution in [3.63, 3.8) is 0 Å². The Morgan fingerprint density at radius 2 is 2.44 bits per heavy atom. The lowest BCUT2D eigenvalue weighted by molar-refractivity contribution is 0.0705. The molecule has 0 bridgehead atoms. The van der Waals surface area contributed by atoms with E-state index < -0.39 is 0 Å². The summed E-state index contributed by atoms with van der Waals surface area (Å²) in [5, 5.41) is 9.54. The molecule has 1 aromatic heterocycles. The summed E-state index contributed by atoms with van der Waals surface area (Å²) in [6.45, 7) is 1.26. The molecule has 1 saturated heterocycles. The molecule has 1 amide bonds. The van der Waals surface area contributed by atoms with E-state index in [0.717, 1.165) is 12.8 Å². The standard InChI is InChI=1S/C11H15N3O2/c12-8-2-1-5-14(7-8)11(16)9-3-4-13-6-10(9)15/h3-4,6,8,15H,1-2,5,7,12H2. The Bertz CT molecular complexity index is 395. The minimum absolute atomic E-state index is 0.0432. The lowest BCUT2D eigenvalue weighted by Crippen LogP contribution is -2.45. The smallest absolute Gasteiger partial charge is 0.257 e. The zero-order valence-electron chi connectivity index (χ0n) is 8.97. The summed E-state index contributed by atoms with van der Waals surface area (Å²) in [4.78, 5) is 17.5. The van der Waals surface area contributed by atoms with Gasteiger partial charge in [-0.05, 0) is 18.9 Å². The van der Waals surface area contributed by atoms with Gasteiger partial charge in [-0.25, -0.2) is 0 Å². The first-order valence-electron chi connectivity index (χ1n) is 5.36. The number of aromatic nitrogens is 1. The molecule has 0 saturated carbocycles. The normalized spacial score (nSPS) is 20.8. The van der Waals surface area contributed by atoms with Crippen LogP contribution in [-0.2, 0) is 0 Å². The first-order valence-corrected chi connectivity index (χ1v) is 5.36. The Morgan fingerprint density at radius 1 is 1.62 bits per heavy atom. The van der Waals surface area contributed by atoms with Crippen LogP contribution in [0.1, 0.15) is 23.2 Å². The van der Waals surface area contributed by atoms with Gasteiger partial charge in [-0.3, -0.25) is 9.78 Å². The lowest BCUT2D eigenvalue weighted by atomic mass is 10.1. The molecule has 2 rings (SSSR count). The molecular formula is C11H15N3O2. The van der Waals surface area contributed by atoms with Crippen molar-refractivity contribution in [1.82, 2.24) is 9.88 Å². The molecule has 5 heteroatoms. The number of aromatic hydroxyl groups is 1. The Balaban J connectivity index is 2.16. The van der Waals surface area contributed by atoms with Crippen LogP contribution < -0.4 is 5.73 Å². The summed E-state index contributed by atoms with van der Waals surface area (Å²) in [6, 6.07) is 1.57. The zero-order valence-corrected chi connectivity index (χ0v) is 8.97. The Morgan fingerprint density at radius 3 is 3.12 bits per heavy atom. The average Bonchev–Trinajstić information content (AvgIpc) is 2.29. The number of carbonyl (C=O) groups excluding carboxylic acids is 1. The van der Waals surface area contributed by atoms with Crippen molar-refractivity contribution in [2.45, 2.75) is 18.9 Å². The van der Waals surface area contributed by atoms with Gasteiger partial charge in [-0.1, -0.05) is 0 Å². The predicted octanol–water partition coefficient (Wildman–Crippen LogP) is 0.350. The monoisotopic (exact) mass is 221 g/mol. The molecule has 16 heavy (non-hydrogen) atoms. The summed E-state index contributed by atoms with van der Waals surface area (Å²) < 4.78 is 0. The fourth-order valence-corrected chi connectivity index (χ4v) is 1.93. The van der Waals surface area contributed by atoms with Crippen molar-refractivity contribution in [2.75, 3.05) is 13.1 Å². The van der Waals surface area contributed by atoms with E-state index in [1.807, 2.05) is 0 Å². The highest BCUT2D eigenvalue weighted by atomic mass is 16.3. The van der Waals surface area contributed by atoms with Gasteiger partial charge in [0.2, 0.25) is 0 Å². The molecule has 1 aromatic rings. The van der Waals surface area contributed by atoms with Crippen molar-refractivity contribution in [1.29, 1.82) is 0 Å². The van der Waals surface area contributed by atoms with Gasteiger partial charge in [-0.15, -0.1) is 0 Å². The lowest BCUT2D eigenvalue weighted by Gasteiger charge is -2.30. The highest BCUT2D eigenvalue weighted by Crippen LogP contribution is 2.18. The van der Waals surface area contributed by atoms with Crippen LogP contribution in [-0.4, -0.2) is 40.0 Å². The molecule has 0 spiro atoms. The van der Waals surface area contributed by atoms with Gasteiger partial charge in [0.1, 0.15) is 5.75 Å². The Kier molecular flexibility index (Phi) is 3.05. The zero-order chi connectivity index (χ0) is 11.5. The van der Waals surface area contributed by atoms with Gasteiger partial charge in [0, 0.05) is 25.3 Å². The fourth-order valence-electron chi connectivity index (χ4n) is 1.93. The van der Waals surface area contributed by atoms with Gasteiger partial charge < -0.3 is 15.7 Å². The largest absolute Gasteiger partial charge is 0.505 e. The molecule has 0 radical (unpaired) electrons. The molecule has 3 N–H and O–H groups in total. The highest BCUT2D eigenvalue weighted by Gasteiger charge is 2.23. The van der Waals surface area contributed by atoms with Gasteiger partial charge in [0.15, 0.2) is 0 Å². The minimum Gasteiger partial charge on any atom is -0.505 e. The summed E-state index contributed by atoms with van der Waals surface area (Å²) in [5.74, 6) is -0.248. The minimum atomic E-state index is -0.171. The summed E-state index contributed by atoms with van der Waals surface area (Å²) >= 11 is 0. The quantitative estimate of drug-likeness (QED) is 0.717. The number of nitrogens with two attached hydrogens (primary N) is 1. The van der Waals surface area contributed by atoms with Crippen LogP contribution in [0.5, 0.6) is 5.75 Å². The molecule has 0 aliphatic carbocycles. The first-order chi connectivity index (χ1) is 7.68. The maximum Gasteiger partial charge on any atom is 0.257 e. The predicted molar refractivity (Wildman–Crippen MR) is 59.0 cm³/mol. The molecule has 1 fully saturated rings. The van der Waals surface area contributed by atoms with E-state index in [1.54, 1.807) is 4.90 Å². The fraction of sp³-hybridized carbons (Fsp3) is 0.455. The van der Waals surface area contributed by atoms with Crippen LogP contribution in [0.4, 0.5) is 0 Å². The van der Waals surface area contributed by atoms with Crippen LogP contribution in [0.15, 0.2) is 18.5 Å². The van der Waals surface area contributed by atoms with Crippen molar-refractivity contribution in [3.8, 4) is 5.75 Å². The number of piperidine rings is 1. The van der Waals surface area contributed by atoms with Gasteiger partial charge in [-0.2, -0.15) is 0 Å². The van der Waals surface area contributed by atoms with Crippen molar-refractivity contribution < 1.29 is 9.90 Å². The van der Waals surface area contributed by atoms with E-state index in [1.165, 1.54) is 18.5 Å². The molecule has 1 aliphatic rings. The maximum atomic E-state index is 12.0. The first kappa shape index (κ1) is 10.9. The van der Waals surface area contributed by atoms with E-state index in [4.69, 9.17) is 5.73 Å². The topological polar surface area (TPSA) is 79.5 Å². The third kappa shape index (κ3) is 2.14.